The lowest BCUT2D eigenvalue weighted by Crippen LogP contribution is -2.15. The van der Waals surface area contributed by atoms with Gasteiger partial charge in [0, 0.05) is 0 Å². The lowest BCUT2D eigenvalue weighted by Gasteiger charge is -1.85. The maximum Gasteiger partial charge on any atom is 0.373 e. The van der Waals surface area contributed by atoms with Crippen LogP contribution in [0.5, 0.6) is 0 Å². The van der Waals surface area contributed by atoms with Crippen molar-refractivity contribution < 1.29 is 14.7 Å². The summed E-state index contributed by atoms with van der Waals surface area (Å²) in [4.78, 5) is 19.7. The quantitative estimate of drug-likeness (QED) is 0.393. The molecule has 0 radical (unpaired) electrons. The van der Waals surface area contributed by atoms with Gasteiger partial charge in [0.15, 0.2) is 0 Å². The fourth-order valence-electron chi connectivity index (χ4n) is 0.137. The molecule has 0 bridgehead atoms. The molecule has 0 amide bonds. The highest BCUT2D eigenvalue weighted by Gasteiger charge is 2.08. The van der Waals surface area contributed by atoms with Crippen molar-refractivity contribution in [2.45, 2.75) is 0 Å². The van der Waals surface area contributed by atoms with Crippen LogP contribution in [-0.2, 0) is 9.59 Å². The van der Waals surface area contributed by atoms with E-state index in [1.807, 2.05) is 0 Å². The Hall–Kier alpha value is -0.550. The minimum atomic E-state index is -1.43. The summed E-state index contributed by atoms with van der Waals surface area (Å²) in [6.07, 6.45) is 0. The predicted octanol–water partition coefficient (Wildman–Crippen LogP) is -0.753. The number of hydrogen-bond donors (Lipinski definition) is 2. The summed E-state index contributed by atoms with van der Waals surface area (Å²) in [7, 11) is 0. The molecule has 0 unspecified atom stereocenters. The van der Waals surface area contributed by atoms with Gasteiger partial charge in [-0.1, -0.05) is 11.9 Å². The fourth-order valence-corrected chi connectivity index (χ4v) is 0.412. The van der Waals surface area contributed by atoms with E-state index in [9.17, 15) is 9.59 Å². The number of hydrogen-bond acceptors (Lipinski definition) is 4. The zero-order valence-electron chi connectivity index (χ0n) is 3.96. The van der Waals surface area contributed by atoms with E-state index in [4.69, 9.17) is 10.2 Å². The summed E-state index contributed by atoms with van der Waals surface area (Å²) in [6.45, 7) is 0. The van der Waals surface area contributed by atoms with Gasteiger partial charge in [0.1, 0.15) is 0 Å². The number of carbonyl (C=O) groups is 2. The summed E-state index contributed by atoms with van der Waals surface area (Å²) in [6, 6.07) is 0. The third kappa shape index (κ3) is 2.59. The summed E-state index contributed by atoms with van der Waals surface area (Å²) < 4.78 is 0. The van der Waals surface area contributed by atoms with E-state index in [0.29, 0.717) is 11.9 Å². The van der Waals surface area contributed by atoms with Crippen molar-refractivity contribution in [1.29, 1.82) is 0 Å². The van der Waals surface area contributed by atoms with Gasteiger partial charge in [-0.05, 0) is 0 Å². The van der Waals surface area contributed by atoms with Crippen molar-refractivity contribution >= 4 is 23.7 Å². The number of Topliss-reactive ketones (excluding diaryl/α,β-unsaturated/α-hetero) is 1. The molecule has 0 heterocycles. The maximum atomic E-state index is 10.0. The van der Waals surface area contributed by atoms with Crippen LogP contribution in [0, 0.1) is 0 Å². The molecule has 0 fully saturated rings. The number of rotatable bonds is 3. The second-order valence-electron chi connectivity index (χ2n) is 1.04. The lowest BCUT2D eigenvalue weighted by molar-refractivity contribution is -0.147. The number of ketones is 1. The van der Waals surface area contributed by atoms with Crippen LogP contribution in [0.4, 0.5) is 0 Å². The molecule has 0 aliphatic carbocycles. The van der Waals surface area contributed by atoms with Crippen molar-refractivity contribution in [1.82, 2.24) is 0 Å². The second kappa shape index (κ2) is 3.45. The van der Waals surface area contributed by atoms with Crippen LogP contribution in [0.1, 0.15) is 0 Å². The van der Waals surface area contributed by atoms with Gasteiger partial charge in [0.2, 0.25) is 0 Å². The third-order valence-electron chi connectivity index (χ3n) is 0.453. The van der Waals surface area contributed by atoms with Gasteiger partial charge in [-0.2, -0.15) is 0 Å². The van der Waals surface area contributed by atoms with Crippen molar-refractivity contribution in [2.24, 2.45) is 5.14 Å². The van der Waals surface area contributed by atoms with Crippen LogP contribution in [0.15, 0.2) is 0 Å². The highest BCUT2D eigenvalue weighted by Crippen LogP contribution is 1.85. The second-order valence-corrected chi connectivity index (χ2v) is 1.66. The Labute approximate surface area is 50.2 Å². The van der Waals surface area contributed by atoms with Gasteiger partial charge in [0.05, 0.1) is 5.75 Å². The topological polar surface area (TPSA) is 80.4 Å². The van der Waals surface area contributed by atoms with E-state index >= 15 is 0 Å². The fraction of sp³-hybridized carbons (Fsp3) is 0.333. The van der Waals surface area contributed by atoms with Crippen LogP contribution in [0.2, 0.25) is 0 Å². The number of carboxylic acid groups (broad SMARTS) is 1. The molecule has 0 aliphatic heterocycles. The molecule has 0 aromatic rings. The van der Waals surface area contributed by atoms with E-state index in [2.05, 4.69) is 0 Å². The van der Waals surface area contributed by atoms with Gasteiger partial charge >= 0.3 is 5.97 Å². The Morgan fingerprint density at radius 2 is 2.12 bits per heavy atom. The molecule has 0 saturated carbocycles. The zero-order valence-corrected chi connectivity index (χ0v) is 4.77. The van der Waals surface area contributed by atoms with Gasteiger partial charge in [-0.25, -0.2) is 4.79 Å². The van der Waals surface area contributed by atoms with Crippen LogP contribution in [-0.4, -0.2) is 22.6 Å². The highest BCUT2D eigenvalue weighted by molar-refractivity contribution is 7.97. The predicted molar refractivity (Wildman–Crippen MR) is 29.3 cm³/mol. The Balaban J connectivity index is 3.49. The minimum absolute atomic E-state index is 0.157. The van der Waals surface area contributed by atoms with Crippen LogP contribution < -0.4 is 5.14 Å². The van der Waals surface area contributed by atoms with Gasteiger partial charge in [-0.15, -0.1) is 0 Å². The van der Waals surface area contributed by atoms with Gasteiger partial charge in [0.25, 0.3) is 5.78 Å². The number of carbonyl (C=O) groups excluding carboxylic acids is 1. The first-order valence-electron chi connectivity index (χ1n) is 1.76. The van der Waals surface area contributed by atoms with Gasteiger partial charge in [-0.3, -0.25) is 9.93 Å². The molecular formula is C3H5NO3S. The third-order valence-corrected chi connectivity index (χ3v) is 0.882. The minimum Gasteiger partial charge on any atom is -0.475 e. The Morgan fingerprint density at radius 1 is 1.62 bits per heavy atom. The monoisotopic (exact) mass is 135 g/mol. The van der Waals surface area contributed by atoms with Crippen LogP contribution >= 0.6 is 11.9 Å². The molecule has 0 aliphatic rings. The number of aliphatic carboxylic acids is 1. The molecule has 4 nitrogen and oxygen atoms in total. The normalized spacial score (nSPS) is 8.62. The summed E-state index contributed by atoms with van der Waals surface area (Å²) in [5, 5.41) is 12.7. The van der Waals surface area contributed by atoms with E-state index in [-0.39, 0.29) is 5.75 Å². The summed E-state index contributed by atoms with van der Waals surface area (Å²) in [5.41, 5.74) is 0. The van der Waals surface area contributed by atoms with Crippen molar-refractivity contribution in [3.63, 3.8) is 0 Å². The van der Waals surface area contributed by atoms with Gasteiger partial charge < -0.3 is 5.11 Å². The molecule has 0 aromatic carbocycles. The molecule has 5 heteroatoms. The molecule has 0 atom stereocenters. The highest BCUT2D eigenvalue weighted by atomic mass is 32.2. The molecular weight excluding hydrogens is 130 g/mol. The largest absolute Gasteiger partial charge is 0.475 e. The van der Waals surface area contributed by atoms with Crippen molar-refractivity contribution in [2.75, 3.05) is 5.75 Å². The maximum absolute atomic E-state index is 10.0. The molecule has 8 heavy (non-hydrogen) atoms. The Kier molecular flexibility index (Phi) is 3.21. The average molecular weight is 135 g/mol. The van der Waals surface area contributed by atoms with E-state index in [1.54, 1.807) is 0 Å². The molecule has 0 aromatic heterocycles. The smallest absolute Gasteiger partial charge is 0.373 e. The molecule has 0 rings (SSSR count). The molecule has 3 N–H and O–H groups in total. The number of nitrogens with two attached hydrogens (primary N) is 1. The van der Waals surface area contributed by atoms with Crippen LogP contribution in [0.3, 0.4) is 0 Å². The molecule has 0 spiro atoms. The molecule has 0 saturated heterocycles. The summed E-state index contributed by atoms with van der Waals surface area (Å²) >= 11 is 0.708. The van der Waals surface area contributed by atoms with Crippen molar-refractivity contribution in [3.8, 4) is 0 Å². The Morgan fingerprint density at radius 3 is 2.25 bits per heavy atom. The van der Waals surface area contributed by atoms with Crippen LogP contribution in [0.25, 0.3) is 0 Å². The standard InChI is InChI=1S/C3H5NO3S/c4-8-1-2(5)3(6)7/h1,4H2,(H,6,7). The first-order valence-corrected chi connectivity index (χ1v) is 2.81. The Bertz CT molecular complexity index is 113. The first-order chi connectivity index (χ1) is 3.68. The lowest BCUT2D eigenvalue weighted by atomic mass is 10.5. The SMILES string of the molecule is NSCC(=O)C(=O)O. The summed E-state index contributed by atoms with van der Waals surface area (Å²) in [5.74, 6) is -2.45. The van der Waals surface area contributed by atoms with Crippen molar-refractivity contribution in [3.05, 3.63) is 0 Å². The average Bonchev–Trinajstić information content (AvgIpc) is 1.67. The van der Waals surface area contributed by atoms with E-state index in [1.165, 1.54) is 0 Å². The zero-order chi connectivity index (χ0) is 6.57. The van der Waals surface area contributed by atoms with E-state index < -0.39 is 11.8 Å². The first kappa shape index (κ1) is 7.45. The number of carboxylic acids is 1. The molecule has 46 valence electrons. The van der Waals surface area contributed by atoms with E-state index in [0.717, 1.165) is 0 Å².